The molecule has 0 bridgehead atoms. The predicted molar refractivity (Wildman–Crippen MR) is 117 cm³/mol. The minimum atomic E-state index is -0.532. The van der Waals surface area contributed by atoms with Crippen LogP contribution in [0.5, 0.6) is 0 Å². The summed E-state index contributed by atoms with van der Waals surface area (Å²) in [6, 6.07) is 8.41. The molecule has 10 heteroatoms. The van der Waals surface area contributed by atoms with Crippen LogP contribution in [0.2, 0.25) is 0 Å². The van der Waals surface area contributed by atoms with Gasteiger partial charge in [0.15, 0.2) is 11.5 Å². The fourth-order valence-electron chi connectivity index (χ4n) is 4.20. The lowest BCUT2D eigenvalue weighted by Gasteiger charge is -2.27. The molecule has 1 aliphatic rings. The highest BCUT2D eigenvalue weighted by molar-refractivity contribution is 6.11. The maximum atomic E-state index is 14.4. The Balaban J connectivity index is 1.46. The van der Waals surface area contributed by atoms with Crippen molar-refractivity contribution in [2.75, 3.05) is 22.5 Å². The van der Waals surface area contributed by atoms with Gasteiger partial charge in [0.1, 0.15) is 23.0 Å². The van der Waals surface area contributed by atoms with Crippen LogP contribution in [0.15, 0.2) is 54.9 Å². The van der Waals surface area contributed by atoms with E-state index in [0.29, 0.717) is 24.3 Å². The minimum Gasteiger partial charge on any atom is -0.381 e. The fraction of sp³-hybridized carbons (Fsp3) is 0.174. The first-order chi connectivity index (χ1) is 15.9. The summed E-state index contributed by atoms with van der Waals surface area (Å²) in [6.45, 7) is 0.627. The van der Waals surface area contributed by atoms with Gasteiger partial charge in [-0.2, -0.15) is 0 Å². The van der Waals surface area contributed by atoms with E-state index in [0.717, 1.165) is 18.6 Å². The number of hydrogen-bond acceptors (Lipinski definition) is 5. The number of aromatic nitrogens is 3. The topological polar surface area (TPSA) is 88.5 Å². The Kier molecular flexibility index (Phi) is 5.12. The Bertz CT molecular complexity index is 1350. The van der Waals surface area contributed by atoms with E-state index in [-0.39, 0.29) is 28.6 Å². The van der Waals surface area contributed by atoms with Gasteiger partial charge < -0.3 is 16.0 Å². The number of halogens is 3. The van der Waals surface area contributed by atoms with Crippen molar-refractivity contribution in [1.82, 2.24) is 14.6 Å². The average Bonchev–Trinajstić information content (AvgIpc) is 3.40. The largest absolute Gasteiger partial charge is 0.381 e. The molecule has 1 amide bonds. The van der Waals surface area contributed by atoms with Gasteiger partial charge in [-0.15, -0.1) is 5.10 Å². The van der Waals surface area contributed by atoms with E-state index in [2.05, 4.69) is 15.4 Å². The van der Waals surface area contributed by atoms with E-state index in [1.165, 1.54) is 34.8 Å². The summed E-state index contributed by atoms with van der Waals surface area (Å²) in [5, 5.41) is 6.85. The minimum absolute atomic E-state index is 0.0200. The molecule has 2 aromatic carbocycles. The molecule has 0 saturated carbocycles. The molecular formula is C23H19F3N6O. The van der Waals surface area contributed by atoms with Crippen molar-refractivity contribution in [2.45, 2.75) is 18.9 Å². The molecule has 1 fully saturated rings. The summed E-state index contributed by atoms with van der Waals surface area (Å²) in [4.78, 5) is 19.1. The van der Waals surface area contributed by atoms with Crippen LogP contribution in [-0.4, -0.2) is 27.0 Å². The molecule has 1 saturated heterocycles. The molecule has 168 valence electrons. The Labute approximate surface area is 186 Å². The van der Waals surface area contributed by atoms with Crippen molar-refractivity contribution in [3.63, 3.8) is 0 Å². The summed E-state index contributed by atoms with van der Waals surface area (Å²) >= 11 is 0. The highest BCUT2D eigenvalue weighted by Gasteiger charge is 2.30. The summed E-state index contributed by atoms with van der Waals surface area (Å²) in [6.07, 6.45) is 4.67. The summed E-state index contributed by atoms with van der Waals surface area (Å²) in [7, 11) is 0. The molecule has 0 unspecified atom stereocenters. The zero-order valence-corrected chi connectivity index (χ0v) is 17.3. The zero-order chi connectivity index (χ0) is 23.1. The summed E-state index contributed by atoms with van der Waals surface area (Å²) in [5.41, 5.74) is 7.64. The van der Waals surface area contributed by atoms with Crippen LogP contribution in [0.25, 0.3) is 5.65 Å². The number of fused-ring (bicyclic) bond motifs is 1. The Morgan fingerprint density at radius 3 is 2.64 bits per heavy atom. The monoisotopic (exact) mass is 452 g/mol. The smallest absolute Gasteiger partial charge is 0.263 e. The molecule has 4 aromatic rings. The van der Waals surface area contributed by atoms with E-state index in [1.807, 2.05) is 4.90 Å². The lowest BCUT2D eigenvalue weighted by Crippen LogP contribution is -2.24. The van der Waals surface area contributed by atoms with Crippen molar-refractivity contribution in [3.05, 3.63) is 83.4 Å². The molecule has 7 nitrogen and oxygen atoms in total. The molecule has 1 atom stereocenters. The number of carbonyl (C=O) groups excluding carboxylic acids is 1. The van der Waals surface area contributed by atoms with Crippen LogP contribution in [0.4, 0.5) is 30.4 Å². The number of hydrogen-bond donors (Lipinski definition) is 2. The van der Waals surface area contributed by atoms with E-state index < -0.39 is 23.4 Å². The maximum Gasteiger partial charge on any atom is 0.263 e. The molecule has 2 aromatic heterocycles. The van der Waals surface area contributed by atoms with Gasteiger partial charge in [-0.05, 0) is 55.3 Å². The molecule has 0 aliphatic carbocycles. The summed E-state index contributed by atoms with van der Waals surface area (Å²) in [5.74, 6) is -1.94. The van der Waals surface area contributed by atoms with E-state index >= 15 is 0 Å². The van der Waals surface area contributed by atoms with Crippen molar-refractivity contribution in [2.24, 2.45) is 0 Å². The van der Waals surface area contributed by atoms with Crippen LogP contribution >= 0.6 is 0 Å². The lowest BCUT2D eigenvalue weighted by molar-refractivity contribution is 0.102. The van der Waals surface area contributed by atoms with Crippen molar-refractivity contribution in [3.8, 4) is 0 Å². The molecule has 5 rings (SSSR count). The second-order valence-corrected chi connectivity index (χ2v) is 7.82. The third kappa shape index (κ3) is 3.84. The standard InChI is InChI=1S/C23H19F3N6O/c24-13-3-6-15(7-4-13)29-23(33)20-21(27)30-32-12-16(11-28-22(20)32)31-9-1-2-19(31)17-10-14(25)5-8-18(17)26/h3-8,10-12,19H,1-2,9H2,(H2,27,30)(H,29,33)/t19-/m1/s1. The zero-order valence-electron chi connectivity index (χ0n) is 17.3. The fourth-order valence-corrected chi connectivity index (χ4v) is 4.20. The van der Waals surface area contributed by atoms with Crippen LogP contribution in [-0.2, 0) is 0 Å². The molecule has 0 radical (unpaired) electrons. The molecule has 3 N–H and O–H groups in total. The highest BCUT2D eigenvalue weighted by Crippen LogP contribution is 2.37. The first-order valence-corrected chi connectivity index (χ1v) is 10.3. The van der Waals surface area contributed by atoms with Gasteiger partial charge in [0.25, 0.3) is 5.91 Å². The number of carbonyl (C=O) groups is 1. The van der Waals surface area contributed by atoms with Gasteiger partial charge in [-0.3, -0.25) is 4.79 Å². The van der Waals surface area contributed by atoms with Crippen LogP contribution in [0.1, 0.15) is 34.8 Å². The van der Waals surface area contributed by atoms with E-state index in [9.17, 15) is 18.0 Å². The van der Waals surface area contributed by atoms with Crippen molar-refractivity contribution in [1.29, 1.82) is 0 Å². The second-order valence-electron chi connectivity index (χ2n) is 7.82. The van der Waals surface area contributed by atoms with Gasteiger partial charge in [-0.25, -0.2) is 22.7 Å². The molecule has 33 heavy (non-hydrogen) atoms. The van der Waals surface area contributed by atoms with Crippen LogP contribution in [0.3, 0.4) is 0 Å². The Morgan fingerprint density at radius 1 is 1.09 bits per heavy atom. The van der Waals surface area contributed by atoms with Crippen molar-refractivity contribution < 1.29 is 18.0 Å². The first-order valence-electron chi connectivity index (χ1n) is 10.3. The SMILES string of the molecule is Nc1nn2cc(N3CCC[C@@H]3c3cc(F)ccc3F)cnc2c1C(=O)Nc1ccc(F)cc1. The second kappa shape index (κ2) is 8.12. The summed E-state index contributed by atoms with van der Waals surface area (Å²) < 4.78 is 42.7. The van der Waals surface area contributed by atoms with Crippen LogP contribution in [0, 0.1) is 17.5 Å². The van der Waals surface area contributed by atoms with Crippen LogP contribution < -0.4 is 16.0 Å². The number of benzene rings is 2. The number of amides is 1. The lowest BCUT2D eigenvalue weighted by atomic mass is 10.0. The molecule has 1 aliphatic heterocycles. The molecular weight excluding hydrogens is 433 g/mol. The number of anilines is 3. The maximum absolute atomic E-state index is 14.4. The number of nitrogens with zero attached hydrogens (tertiary/aromatic N) is 4. The molecule has 3 heterocycles. The van der Waals surface area contributed by atoms with Gasteiger partial charge in [-0.1, -0.05) is 0 Å². The predicted octanol–water partition coefficient (Wildman–Crippen LogP) is 4.32. The Morgan fingerprint density at radius 2 is 1.85 bits per heavy atom. The van der Waals surface area contributed by atoms with Gasteiger partial charge in [0, 0.05) is 17.8 Å². The number of nitrogens with two attached hydrogens (primary N) is 1. The van der Waals surface area contributed by atoms with Gasteiger partial charge >= 0.3 is 0 Å². The highest BCUT2D eigenvalue weighted by atomic mass is 19.1. The Hall–Kier alpha value is -4.08. The number of nitrogen functional groups attached to an aromatic ring is 1. The normalized spacial score (nSPS) is 15.8. The third-order valence-corrected chi connectivity index (χ3v) is 5.72. The quantitative estimate of drug-likeness (QED) is 0.481. The van der Waals surface area contributed by atoms with E-state index in [4.69, 9.17) is 5.73 Å². The first kappa shape index (κ1) is 20.8. The third-order valence-electron chi connectivity index (χ3n) is 5.72. The van der Waals surface area contributed by atoms with Crippen molar-refractivity contribution >= 4 is 28.7 Å². The molecule has 0 spiro atoms. The number of rotatable bonds is 4. The van der Waals surface area contributed by atoms with Gasteiger partial charge in [0.2, 0.25) is 0 Å². The van der Waals surface area contributed by atoms with E-state index in [1.54, 1.807) is 12.4 Å². The number of nitrogens with one attached hydrogen (secondary N) is 1. The van der Waals surface area contributed by atoms with Gasteiger partial charge in [0.05, 0.1) is 24.1 Å². The average molecular weight is 452 g/mol.